The number of aromatic carboxylic acids is 1. The number of hydrogen-bond donors (Lipinski definition) is 1. The van der Waals surface area contributed by atoms with Crippen LogP contribution >= 0.6 is 0 Å². The van der Waals surface area contributed by atoms with Crippen LogP contribution in [0.3, 0.4) is 0 Å². The van der Waals surface area contributed by atoms with Crippen molar-refractivity contribution >= 4 is 17.3 Å². The Labute approximate surface area is 171 Å². The lowest BCUT2D eigenvalue weighted by Gasteiger charge is -2.21. The molecule has 0 unspecified atom stereocenters. The molecule has 0 radical (unpaired) electrons. The molecule has 4 heteroatoms. The molecule has 1 aromatic heterocycles. The summed E-state index contributed by atoms with van der Waals surface area (Å²) >= 11 is 0. The lowest BCUT2D eigenvalue weighted by Crippen LogP contribution is -2.10. The molecule has 1 N–H and O–H groups in total. The molecule has 0 bridgehead atoms. The van der Waals surface area contributed by atoms with Gasteiger partial charge in [-0.25, -0.2) is 4.79 Å². The van der Waals surface area contributed by atoms with E-state index in [9.17, 15) is 9.90 Å². The summed E-state index contributed by atoms with van der Waals surface area (Å²) in [7, 11) is 2.11. The second-order valence-electron chi connectivity index (χ2n) is 7.89. The molecule has 3 aromatic rings. The van der Waals surface area contributed by atoms with Crippen LogP contribution < -0.4 is 4.90 Å². The summed E-state index contributed by atoms with van der Waals surface area (Å²) < 4.78 is 0. The number of carbonyl (C=O) groups is 1. The van der Waals surface area contributed by atoms with Gasteiger partial charge in [0, 0.05) is 30.8 Å². The average Bonchev–Trinajstić information content (AvgIpc) is 3.14. The van der Waals surface area contributed by atoms with E-state index < -0.39 is 5.97 Å². The van der Waals surface area contributed by atoms with Gasteiger partial charge in [0.05, 0.1) is 5.56 Å². The first kappa shape index (κ1) is 19.2. The van der Waals surface area contributed by atoms with Crippen LogP contribution in [0, 0.1) is 6.92 Å². The van der Waals surface area contributed by atoms with E-state index in [1.807, 2.05) is 0 Å². The molecule has 0 aliphatic heterocycles. The molecule has 1 heterocycles. The molecule has 4 rings (SSSR count). The van der Waals surface area contributed by atoms with Gasteiger partial charge in [-0.3, -0.25) is 4.98 Å². The van der Waals surface area contributed by atoms with Crippen molar-refractivity contribution in [1.82, 2.24) is 4.98 Å². The second-order valence-corrected chi connectivity index (χ2v) is 7.89. The SMILES string of the molecule is Cc1cccc(N(C)c2ccc3c(c2)CC[C@H]3CCc2cnccc2C(=O)O)c1. The van der Waals surface area contributed by atoms with Gasteiger partial charge in [-0.15, -0.1) is 0 Å². The van der Waals surface area contributed by atoms with Gasteiger partial charge in [0.25, 0.3) is 0 Å². The summed E-state index contributed by atoms with van der Waals surface area (Å²) in [6, 6.07) is 16.9. The monoisotopic (exact) mass is 386 g/mol. The largest absolute Gasteiger partial charge is 0.478 e. The zero-order chi connectivity index (χ0) is 20.4. The van der Waals surface area contributed by atoms with Crippen LogP contribution in [0.2, 0.25) is 0 Å². The Hall–Kier alpha value is -3.14. The van der Waals surface area contributed by atoms with Crippen molar-refractivity contribution in [2.24, 2.45) is 0 Å². The molecule has 2 aromatic carbocycles. The van der Waals surface area contributed by atoms with Crippen LogP contribution in [0.4, 0.5) is 11.4 Å². The van der Waals surface area contributed by atoms with E-state index in [4.69, 9.17) is 0 Å². The van der Waals surface area contributed by atoms with Crippen LogP contribution in [-0.2, 0) is 12.8 Å². The van der Waals surface area contributed by atoms with Gasteiger partial charge >= 0.3 is 5.97 Å². The van der Waals surface area contributed by atoms with Crippen molar-refractivity contribution in [3.05, 3.63) is 88.7 Å². The third kappa shape index (κ3) is 4.02. The molecule has 4 nitrogen and oxygen atoms in total. The number of nitrogens with zero attached hydrogens (tertiary/aromatic N) is 2. The molecule has 0 amide bonds. The van der Waals surface area contributed by atoms with E-state index in [1.54, 1.807) is 18.5 Å². The number of hydrogen-bond acceptors (Lipinski definition) is 3. The Morgan fingerprint density at radius 1 is 1.17 bits per heavy atom. The normalized spacial score (nSPS) is 15.2. The first-order valence-electron chi connectivity index (χ1n) is 10.1. The van der Waals surface area contributed by atoms with Gasteiger partial charge in [0.2, 0.25) is 0 Å². The molecule has 29 heavy (non-hydrogen) atoms. The molecule has 1 atom stereocenters. The van der Waals surface area contributed by atoms with Crippen molar-refractivity contribution in [1.29, 1.82) is 0 Å². The average molecular weight is 386 g/mol. The highest BCUT2D eigenvalue weighted by Crippen LogP contribution is 2.39. The highest BCUT2D eigenvalue weighted by atomic mass is 16.4. The topological polar surface area (TPSA) is 53.4 Å². The lowest BCUT2D eigenvalue weighted by molar-refractivity contribution is 0.0695. The summed E-state index contributed by atoms with van der Waals surface area (Å²) in [6.45, 7) is 2.11. The molecule has 148 valence electrons. The van der Waals surface area contributed by atoms with Gasteiger partial charge in [0.1, 0.15) is 0 Å². The second kappa shape index (κ2) is 8.08. The quantitative estimate of drug-likeness (QED) is 0.606. The fourth-order valence-corrected chi connectivity index (χ4v) is 4.35. The number of aromatic nitrogens is 1. The van der Waals surface area contributed by atoms with Gasteiger partial charge < -0.3 is 10.0 Å². The Kier molecular flexibility index (Phi) is 5.34. The first-order chi connectivity index (χ1) is 14.0. The van der Waals surface area contributed by atoms with Crippen molar-refractivity contribution in [3.63, 3.8) is 0 Å². The van der Waals surface area contributed by atoms with Crippen LogP contribution in [0.15, 0.2) is 60.9 Å². The first-order valence-corrected chi connectivity index (χ1v) is 10.1. The van der Waals surface area contributed by atoms with Crippen LogP contribution in [0.25, 0.3) is 0 Å². The molecule has 1 aliphatic carbocycles. The fraction of sp³-hybridized carbons (Fsp3) is 0.280. The van der Waals surface area contributed by atoms with E-state index in [2.05, 4.69) is 66.3 Å². The number of rotatable bonds is 6. The summed E-state index contributed by atoms with van der Waals surface area (Å²) in [6.07, 6.45) is 7.13. The number of anilines is 2. The maximum absolute atomic E-state index is 11.4. The molecule has 0 spiro atoms. The summed E-state index contributed by atoms with van der Waals surface area (Å²) in [5.74, 6) is -0.400. The zero-order valence-electron chi connectivity index (χ0n) is 16.9. The molecule has 1 aliphatic rings. The standard InChI is InChI=1S/C25H26N2O2/c1-17-4-3-5-21(14-17)27(2)22-10-11-23-18(6-8-19(23)15-22)7-9-20-16-26-13-12-24(20)25(28)29/h3-5,10-16,18H,6-9H2,1-2H3,(H,28,29)/t18-/m0/s1. The Morgan fingerprint density at radius 3 is 2.79 bits per heavy atom. The van der Waals surface area contributed by atoms with E-state index in [0.29, 0.717) is 11.5 Å². The van der Waals surface area contributed by atoms with Gasteiger partial charge in [0.15, 0.2) is 0 Å². The molecule has 0 saturated heterocycles. The minimum atomic E-state index is -0.877. The van der Waals surface area contributed by atoms with Gasteiger partial charge in [-0.05, 0) is 91.1 Å². The van der Waals surface area contributed by atoms with Crippen molar-refractivity contribution in [2.75, 3.05) is 11.9 Å². The number of pyridine rings is 1. The summed E-state index contributed by atoms with van der Waals surface area (Å²) in [5, 5.41) is 9.38. The minimum absolute atomic E-state index is 0.369. The third-order valence-electron chi connectivity index (χ3n) is 6.00. The van der Waals surface area contributed by atoms with Crippen molar-refractivity contribution in [2.45, 2.75) is 38.5 Å². The van der Waals surface area contributed by atoms with Crippen molar-refractivity contribution in [3.8, 4) is 0 Å². The van der Waals surface area contributed by atoms with Crippen LogP contribution in [-0.4, -0.2) is 23.1 Å². The molecular formula is C25H26N2O2. The number of aryl methyl sites for hydroxylation is 3. The Bertz CT molecular complexity index is 1040. The summed E-state index contributed by atoms with van der Waals surface area (Å²) in [5.41, 5.74) is 7.67. The number of fused-ring (bicyclic) bond motifs is 1. The predicted molar refractivity (Wildman–Crippen MR) is 116 cm³/mol. The van der Waals surface area contributed by atoms with E-state index in [0.717, 1.165) is 31.2 Å². The highest BCUT2D eigenvalue weighted by molar-refractivity contribution is 5.89. The minimum Gasteiger partial charge on any atom is -0.478 e. The Balaban J connectivity index is 1.50. The van der Waals surface area contributed by atoms with Crippen LogP contribution in [0.1, 0.15) is 51.4 Å². The summed E-state index contributed by atoms with van der Waals surface area (Å²) in [4.78, 5) is 17.8. The van der Waals surface area contributed by atoms with Crippen LogP contribution in [0.5, 0.6) is 0 Å². The molecule has 0 saturated carbocycles. The van der Waals surface area contributed by atoms with Gasteiger partial charge in [-0.1, -0.05) is 18.2 Å². The van der Waals surface area contributed by atoms with Gasteiger partial charge in [-0.2, -0.15) is 0 Å². The van der Waals surface area contributed by atoms with E-state index in [1.165, 1.54) is 28.1 Å². The van der Waals surface area contributed by atoms with Crippen molar-refractivity contribution < 1.29 is 9.90 Å². The number of carboxylic acid groups (broad SMARTS) is 1. The van der Waals surface area contributed by atoms with E-state index in [-0.39, 0.29) is 0 Å². The third-order valence-corrected chi connectivity index (χ3v) is 6.00. The lowest BCUT2D eigenvalue weighted by atomic mass is 9.93. The van der Waals surface area contributed by atoms with E-state index >= 15 is 0 Å². The fourth-order valence-electron chi connectivity index (χ4n) is 4.35. The molecular weight excluding hydrogens is 360 g/mol. The number of carboxylic acids is 1. The maximum Gasteiger partial charge on any atom is 0.336 e. The zero-order valence-corrected chi connectivity index (χ0v) is 16.9. The number of benzene rings is 2. The highest BCUT2D eigenvalue weighted by Gasteiger charge is 2.24. The maximum atomic E-state index is 11.4. The predicted octanol–water partition coefficient (Wildman–Crippen LogP) is 5.52. The Morgan fingerprint density at radius 2 is 2.00 bits per heavy atom. The molecule has 0 fully saturated rings. The smallest absolute Gasteiger partial charge is 0.336 e.